The van der Waals surface area contributed by atoms with Crippen molar-refractivity contribution in [3.05, 3.63) is 70.5 Å². The summed E-state index contributed by atoms with van der Waals surface area (Å²) in [5.41, 5.74) is 2.04. The van der Waals surface area contributed by atoms with Gasteiger partial charge in [0.15, 0.2) is 5.16 Å². The minimum absolute atomic E-state index is 0.0378. The summed E-state index contributed by atoms with van der Waals surface area (Å²) >= 11 is 1.63. The molecular formula is C18H18N2OS. The van der Waals surface area contributed by atoms with Crippen LogP contribution in [0, 0.1) is 0 Å². The van der Waals surface area contributed by atoms with Gasteiger partial charge in [-0.2, -0.15) is 0 Å². The molecule has 0 spiro atoms. The third kappa shape index (κ3) is 2.79. The normalized spacial score (nSPS) is 12.5. The SMILES string of the molecule is CCn1c(SC(C)c2ccccc2)nc2ccccc2c1=O. The summed E-state index contributed by atoms with van der Waals surface area (Å²) in [6.07, 6.45) is 0. The molecule has 3 nitrogen and oxygen atoms in total. The van der Waals surface area contributed by atoms with Crippen LogP contribution in [-0.4, -0.2) is 9.55 Å². The fourth-order valence-electron chi connectivity index (χ4n) is 2.47. The van der Waals surface area contributed by atoms with Crippen LogP contribution in [0.3, 0.4) is 0 Å². The number of hydrogen-bond donors (Lipinski definition) is 0. The molecule has 1 heterocycles. The molecule has 2 aromatic carbocycles. The Balaban J connectivity index is 2.05. The first-order valence-electron chi connectivity index (χ1n) is 7.42. The van der Waals surface area contributed by atoms with E-state index in [0.717, 1.165) is 10.7 Å². The van der Waals surface area contributed by atoms with E-state index in [0.29, 0.717) is 11.9 Å². The zero-order valence-corrected chi connectivity index (χ0v) is 13.5. The van der Waals surface area contributed by atoms with Crippen LogP contribution in [0.4, 0.5) is 0 Å². The number of thioether (sulfide) groups is 1. The average molecular weight is 310 g/mol. The molecule has 1 atom stereocenters. The highest BCUT2D eigenvalue weighted by molar-refractivity contribution is 7.99. The van der Waals surface area contributed by atoms with Gasteiger partial charge in [-0.15, -0.1) is 0 Å². The molecule has 1 aromatic heterocycles. The second kappa shape index (κ2) is 6.36. The summed E-state index contributed by atoms with van der Waals surface area (Å²) in [6.45, 7) is 4.75. The number of rotatable bonds is 4. The van der Waals surface area contributed by atoms with Gasteiger partial charge in [-0.1, -0.05) is 54.2 Å². The third-order valence-electron chi connectivity index (χ3n) is 3.69. The van der Waals surface area contributed by atoms with Crippen molar-refractivity contribution in [1.29, 1.82) is 0 Å². The maximum absolute atomic E-state index is 12.6. The van der Waals surface area contributed by atoms with Gasteiger partial charge in [0, 0.05) is 11.8 Å². The van der Waals surface area contributed by atoms with Crippen LogP contribution < -0.4 is 5.56 Å². The first-order valence-corrected chi connectivity index (χ1v) is 8.30. The second-order valence-electron chi connectivity index (χ2n) is 5.13. The van der Waals surface area contributed by atoms with Crippen molar-refractivity contribution in [2.45, 2.75) is 30.8 Å². The lowest BCUT2D eigenvalue weighted by molar-refractivity contribution is 0.633. The average Bonchev–Trinajstić information content (AvgIpc) is 2.56. The van der Waals surface area contributed by atoms with E-state index in [1.807, 2.05) is 49.4 Å². The van der Waals surface area contributed by atoms with Gasteiger partial charge in [0.05, 0.1) is 10.9 Å². The molecule has 0 N–H and O–H groups in total. The van der Waals surface area contributed by atoms with Gasteiger partial charge in [0.25, 0.3) is 5.56 Å². The maximum atomic E-state index is 12.6. The summed E-state index contributed by atoms with van der Waals surface area (Å²) in [4.78, 5) is 17.3. The van der Waals surface area contributed by atoms with Crippen molar-refractivity contribution in [1.82, 2.24) is 9.55 Å². The Labute approximate surface area is 134 Å². The van der Waals surface area contributed by atoms with Gasteiger partial charge in [-0.3, -0.25) is 9.36 Å². The molecule has 4 heteroatoms. The molecule has 0 saturated heterocycles. The van der Waals surface area contributed by atoms with E-state index in [-0.39, 0.29) is 10.8 Å². The minimum atomic E-state index is 0.0378. The van der Waals surface area contributed by atoms with E-state index in [2.05, 4.69) is 19.1 Å². The first-order chi connectivity index (χ1) is 10.7. The number of fused-ring (bicyclic) bond motifs is 1. The standard InChI is InChI=1S/C18H18N2OS/c1-3-20-17(21)15-11-7-8-12-16(15)19-18(20)22-13(2)14-9-5-4-6-10-14/h4-13H,3H2,1-2H3. The molecule has 3 aromatic rings. The van der Waals surface area contributed by atoms with Crippen molar-refractivity contribution in [3.63, 3.8) is 0 Å². The van der Waals surface area contributed by atoms with Gasteiger partial charge in [-0.25, -0.2) is 4.98 Å². The van der Waals surface area contributed by atoms with Gasteiger partial charge >= 0.3 is 0 Å². The topological polar surface area (TPSA) is 34.9 Å². The smallest absolute Gasteiger partial charge is 0.262 e. The van der Waals surface area contributed by atoms with Crippen LogP contribution in [-0.2, 0) is 6.54 Å². The molecule has 3 rings (SSSR count). The predicted octanol–water partition coefficient (Wildman–Crippen LogP) is 4.27. The number of benzene rings is 2. The van der Waals surface area contributed by atoms with Crippen LogP contribution in [0.25, 0.3) is 10.9 Å². The molecule has 0 bridgehead atoms. The van der Waals surface area contributed by atoms with E-state index < -0.39 is 0 Å². The number of para-hydroxylation sites is 1. The third-order valence-corrected chi connectivity index (χ3v) is 4.84. The zero-order valence-electron chi connectivity index (χ0n) is 12.7. The number of nitrogens with zero attached hydrogens (tertiary/aromatic N) is 2. The Kier molecular flexibility index (Phi) is 4.29. The molecule has 22 heavy (non-hydrogen) atoms. The molecule has 0 aliphatic rings. The van der Waals surface area contributed by atoms with Gasteiger partial charge in [0.2, 0.25) is 0 Å². The summed E-state index contributed by atoms with van der Waals surface area (Å²) < 4.78 is 1.76. The van der Waals surface area contributed by atoms with E-state index in [9.17, 15) is 4.79 Å². The molecule has 1 unspecified atom stereocenters. The van der Waals surface area contributed by atoms with E-state index >= 15 is 0 Å². The molecule has 0 aliphatic heterocycles. The molecule has 112 valence electrons. The molecule has 0 fully saturated rings. The maximum Gasteiger partial charge on any atom is 0.262 e. The molecule has 0 aliphatic carbocycles. The fraction of sp³-hybridized carbons (Fsp3) is 0.222. The Morgan fingerprint density at radius 1 is 1.09 bits per heavy atom. The summed E-state index contributed by atoms with van der Waals surface area (Å²) in [7, 11) is 0. The van der Waals surface area contributed by atoms with Crippen LogP contribution in [0.2, 0.25) is 0 Å². The van der Waals surface area contributed by atoms with Crippen molar-refractivity contribution in [2.24, 2.45) is 0 Å². The quantitative estimate of drug-likeness (QED) is 0.533. The first kappa shape index (κ1) is 14.9. The molecular weight excluding hydrogens is 292 g/mol. The van der Waals surface area contributed by atoms with Gasteiger partial charge in [-0.05, 0) is 31.5 Å². The van der Waals surface area contributed by atoms with Crippen molar-refractivity contribution in [2.75, 3.05) is 0 Å². The highest BCUT2D eigenvalue weighted by Gasteiger charge is 2.14. The number of aromatic nitrogens is 2. The second-order valence-corrected chi connectivity index (χ2v) is 6.44. The highest BCUT2D eigenvalue weighted by Crippen LogP contribution is 2.33. The van der Waals surface area contributed by atoms with Gasteiger partial charge < -0.3 is 0 Å². The molecule has 0 saturated carbocycles. The Bertz CT molecular complexity index is 843. The van der Waals surface area contributed by atoms with Crippen LogP contribution in [0.5, 0.6) is 0 Å². The van der Waals surface area contributed by atoms with Crippen molar-refractivity contribution < 1.29 is 0 Å². The summed E-state index contributed by atoms with van der Waals surface area (Å²) in [5.74, 6) is 0. The lowest BCUT2D eigenvalue weighted by atomic mass is 10.2. The van der Waals surface area contributed by atoms with Crippen LogP contribution in [0.1, 0.15) is 24.7 Å². The van der Waals surface area contributed by atoms with Crippen LogP contribution in [0.15, 0.2) is 64.5 Å². The number of hydrogen-bond acceptors (Lipinski definition) is 3. The summed E-state index contributed by atoms with van der Waals surface area (Å²) in [6, 6.07) is 17.8. The van der Waals surface area contributed by atoms with Crippen LogP contribution >= 0.6 is 11.8 Å². The Morgan fingerprint density at radius 2 is 1.77 bits per heavy atom. The Morgan fingerprint density at radius 3 is 2.50 bits per heavy atom. The fourth-order valence-corrected chi connectivity index (χ4v) is 3.57. The highest BCUT2D eigenvalue weighted by atomic mass is 32.2. The minimum Gasteiger partial charge on any atom is -0.287 e. The van der Waals surface area contributed by atoms with Crippen molar-refractivity contribution >= 4 is 22.7 Å². The zero-order chi connectivity index (χ0) is 15.5. The van der Waals surface area contributed by atoms with E-state index in [1.54, 1.807) is 16.3 Å². The predicted molar refractivity (Wildman–Crippen MR) is 92.4 cm³/mol. The monoisotopic (exact) mass is 310 g/mol. The van der Waals surface area contributed by atoms with E-state index in [1.165, 1.54) is 5.56 Å². The van der Waals surface area contributed by atoms with Crippen molar-refractivity contribution in [3.8, 4) is 0 Å². The lowest BCUT2D eigenvalue weighted by Crippen LogP contribution is -2.22. The van der Waals surface area contributed by atoms with Gasteiger partial charge in [0.1, 0.15) is 0 Å². The Hall–Kier alpha value is -2.07. The summed E-state index contributed by atoms with van der Waals surface area (Å²) in [5, 5.41) is 1.70. The molecule has 0 amide bonds. The lowest BCUT2D eigenvalue weighted by Gasteiger charge is -2.15. The largest absolute Gasteiger partial charge is 0.287 e. The van der Waals surface area contributed by atoms with E-state index in [4.69, 9.17) is 4.98 Å². The molecule has 0 radical (unpaired) electrons.